The van der Waals surface area contributed by atoms with Crippen LogP contribution in [0.2, 0.25) is 0 Å². The molecule has 18 heavy (non-hydrogen) atoms. The zero-order valence-corrected chi connectivity index (χ0v) is 9.68. The van der Waals surface area contributed by atoms with Crippen molar-refractivity contribution in [3.05, 3.63) is 34.8 Å². The molecule has 0 aliphatic heterocycles. The number of methoxy groups -OCH3 is 2. The Bertz CT molecular complexity index is 533. The van der Waals surface area contributed by atoms with Crippen molar-refractivity contribution in [1.29, 1.82) is 0 Å². The number of benzene rings is 1. The maximum Gasteiger partial charge on any atom is 0.232 e. The smallest absolute Gasteiger partial charge is 0.232 e. The Morgan fingerprint density at radius 1 is 0.833 bits per heavy atom. The van der Waals surface area contributed by atoms with Gasteiger partial charge in [-0.3, -0.25) is 9.59 Å². The fraction of sp³-hybridized carbons (Fsp3) is 0.167. The fourth-order valence-electron chi connectivity index (χ4n) is 1.72. The number of carbonyl (C=O) groups excluding carboxylic acids is 2. The summed E-state index contributed by atoms with van der Waals surface area (Å²) in [5.74, 6) is -3.07. The lowest BCUT2D eigenvalue weighted by Gasteiger charge is -2.16. The molecule has 1 aliphatic rings. The number of ether oxygens (including phenoxy) is 2. The van der Waals surface area contributed by atoms with Gasteiger partial charge in [-0.05, 0) is 12.1 Å². The third-order valence-electron chi connectivity index (χ3n) is 2.67. The van der Waals surface area contributed by atoms with Gasteiger partial charge in [0.25, 0.3) is 0 Å². The average Bonchev–Trinajstić information content (AvgIpc) is 2.41. The van der Waals surface area contributed by atoms with E-state index in [1.165, 1.54) is 26.4 Å². The van der Waals surface area contributed by atoms with Gasteiger partial charge in [0.1, 0.15) is 0 Å². The van der Waals surface area contributed by atoms with Crippen LogP contribution in [0.15, 0.2) is 23.7 Å². The Balaban J connectivity index is 2.71. The second kappa shape index (κ2) is 4.06. The third-order valence-corrected chi connectivity index (χ3v) is 2.67. The van der Waals surface area contributed by atoms with Crippen LogP contribution in [0.25, 0.3) is 0 Å². The van der Waals surface area contributed by atoms with Crippen LogP contribution in [-0.2, 0) is 0 Å². The minimum absolute atomic E-state index is 0.0343. The summed E-state index contributed by atoms with van der Waals surface area (Å²) in [7, 11) is 2.76. The van der Waals surface area contributed by atoms with Crippen molar-refractivity contribution >= 4 is 11.6 Å². The molecule has 94 valence electrons. The molecule has 2 N–H and O–H groups in total. The lowest BCUT2D eigenvalue weighted by molar-refractivity contribution is 0.0880. The highest BCUT2D eigenvalue weighted by atomic mass is 16.5. The Morgan fingerprint density at radius 2 is 1.17 bits per heavy atom. The van der Waals surface area contributed by atoms with E-state index in [1.807, 2.05) is 0 Å². The summed E-state index contributed by atoms with van der Waals surface area (Å²) < 4.78 is 10.00. The van der Waals surface area contributed by atoms with Gasteiger partial charge in [0, 0.05) is 11.1 Å². The number of rotatable bonds is 2. The Hall–Kier alpha value is -2.50. The second-order valence-corrected chi connectivity index (χ2v) is 3.61. The van der Waals surface area contributed by atoms with E-state index in [4.69, 9.17) is 9.47 Å². The molecule has 0 fully saturated rings. The largest absolute Gasteiger partial charge is 0.501 e. The summed E-state index contributed by atoms with van der Waals surface area (Å²) in [6.07, 6.45) is 0. The zero-order chi connectivity index (χ0) is 13.4. The van der Waals surface area contributed by atoms with Crippen LogP contribution in [0.4, 0.5) is 0 Å². The van der Waals surface area contributed by atoms with E-state index in [0.29, 0.717) is 0 Å². The normalized spacial score (nSPS) is 14.6. The van der Waals surface area contributed by atoms with Crippen molar-refractivity contribution < 1.29 is 29.3 Å². The van der Waals surface area contributed by atoms with Crippen LogP contribution < -0.4 is 9.47 Å². The Labute approximate surface area is 102 Å². The lowest BCUT2D eigenvalue weighted by atomic mass is 9.92. The predicted octanol–water partition coefficient (Wildman–Crippen LogP) is 1.41. The van der Waals surface area contributed by atoms with Crippen LogP contribution >= 0.6 is 0 Å². The van der Waals surface area contributed by atoms with Crippen LogP contribution in [0.1, 0.15) is 20.7 Å². The molecule has 1 aromatic carbocycles. The van der Waals surface area contributed by atoms with E-state index in [9.17, 15) is 19.8 Å². The van der Waals surface area contributed by atoms with E-state index in [2.05, 4.69) is 0 Å². The van der Waals surface area contributed by atoms with Gasteiger partial charge in [-0.1, -0.05) is 0 Å². The highest BCUT2D eigenvalue weighted by molar-refractivity contribution is 6.25. The topological polar surface area (TPSA) is 93.1 Å². The van der Waals surface area contributed by atoms with E-state index in [1.54, 1.807) is 0 Å². The molecule has 0 saturated heterocycles. The van der Waals surface area contributed by atoms with Crippen molar-refractivity contribution in [2.75, 3.05) is 14.2 Å². The number of ketones is 2. The minimum atomic E-state index is -0.959. The SMILES string of the molecule is COc1cc2c(cc1OC)C(=O)C(O)=C(O)C2=O. The summed E-state index contributed by atoms with van der Waals surface area (Å²) in [6.45, 7) is 0. The van der Waals surface area contributed by atoms with Crippen molar-refractivity contribution in [3.8, 4) is 11.5 Å². The summed E-state index contributed by atoms with van der Waals surface area (Å²) in [5, 5.41) is 18.7. The molecule has 0 amide bonds. The van der Waals surface area contributed by atoms with E-state index in [-0.39, 0.29) is 22.6 Å². The summed E-state index contributed by atoms with van der Waals surface area (Å²) in [6, 6.07) is 2.58. The molecule has 2 rings (SSSR count). The number of allylic oxidation sites excluding steroid dienone is 2. The molecule has 0 saturated carbocycles. The second-order valence-electron chi connectivity index (χ2n) is 3.61. The van der Waals surface area contributed by atoms with Crippen molar-refractivity contribution in [1.82, 2.24) is 0 Å². The van der Waals surface area contributed by atoms with Crippen molar-refractivity contribution in [3.63, 3.8) is 0 Å². The van der Waals surface area contributed by atoms with Gasteiger partial charge >= 0.3 is 0 Å². The van der Waals surface area contributed by atoms with Gasteiger partial charge in [-0.2, -0.15) is 0 Å². The third kappa shape index (κ3) is 1.50. The maximum atomic E-state index is 11.7. The molecule has 0 unspecified atom stereocenters. The van der Waals surface area contributed by atoms with Gasteiger partial charge in [0.05, 0.1) is 14.2 Å². The number of aliphatic hydroxyl groups is 2. The van der Waals surface area contributed by atoms with Crippen LogP contribution in [0, 0.1) is 0 Å². The number of carbonyl (C=O) groups is 2. The average molecular weight is 250 g/mol. The predicted molar refractivity (Wildman–Crippen MR) is 60.5 cm³/mol. The molecule has 1 aliphatic carbocycles. The molecular formula is C12H10O6. The minimum Gasteiger partial charge on any atom is -0.501 e. The van der Waals surface area contributed by atoms with Crippen LogP contribution in [0.5, 0.6) is 11.5 Å². The number of hydrogen-bond acceptors (Lipinski definition) is 6. The van der Waals surface area contributed by atoms with E-state index >= 15 is 0 Å². The van der Waals surface area contributed by atoms with Gasteiger partial charge in [0.15, 0.2) is 11.5 Å². The first kappa shape index (κ1) is 12.0. The molecule has 1 aromatic rings. The van der Waals surface area contributed by atoms with Crippen molar-refractivity contribution in [2.45, 2.75) is 0 Å². The standard InChI is InChI=1S/C12H10O6/c1-17-7-3-5-6(4-8(7)18-2)10(14)12(16)11(15)9(5)13/h3-4,15-16H,1-2H3. The molecule has 0 aromatic heterocycles. The van der Waals surface area contributed by atoms with Crippen molar-refractivity contribution in [2.24, 2.45) is 0 Å². The molecule has 0 bridgehead atoms. The number of Topliss-reactive ketones (excluding diaryl/α,β-unsaturated/α-hetero) is 2. The van der Waals surface area contributed by atoms with Crippen LogP contribution in [-0.4, -0.2) is 36.0 Å². The molecule has 6 nitrogen and oxygen atoms in total. The first-order valence-corrected chi connectivity index (χ1v) is 4.98. The number of hydrogen-bond donors (Lipinski definition) is 2. The first-order chi connectivity index (χ1) is 8.51. The molecular weight excluding hydrogens is 240 g/mol. The molecule has 0 heterocycles. The zero-order valence-electron chi connectivity index (χ0n) is 9.68. The number of fused-ring (bicyclic) bond motifs is 1. The molecule has 6 heteroatoms. The fourth-order valence-corrected chi connectivity index (χ4v) is 1.72. The highest BCUT2D eigenvalue weighted by Gasteiger charge is 2.33. The van der Waals surface area contributed by atoms with Gasteiger partial charge in [-0.15, -0.1) is 0 Å². The van der Waals surface area contributed by atoms with Crippen LogP contribution in [0.3, 0.4) is 0 Å². The molecule has 0 radical (unpaired) electrons. The Kier molecular flexibility index (Phi) is 2.70. The highest BCUT2D eigenvalue weighted by Crippen LogP contribution is 2.34. The van der Waals surface area contributed by atoms with E-state index in [0.717, 1.165) is 0 Å². The van der Waals surface area contributed by atoms with Gasteiger partial charge in [0.2, 0.25) is 23.1 Å². The molecule has 0 spiro atoms. The molecule has 0 atom stereocenters. The quantitative estimate of drug-likeness (QED) is 0.824. The maximum absolute atomic E-state index is 11.7. The summed E-state index contributed by atoms with van der Waals surface area (Å²) >= 11 is 0. The Morgan fingerprint density at radius 3 is 1.44 bits per heavy atom. The number of aliphatic hydroxyl groups excluding tert-OH is 2. The monoisotopic (exact) mass is 250 g/mol. The van der Waals surface area contributed by atoms with Gasteiger partial charge in [-0.25, -0.2) is 0 Å². The lowest BCUT2D eigenvalue weighted by Crippen LogP contribution is -2.22. The first-order valence-electron chi connectivity index (χ1n) is 4.98. The van der Waals surface area contributed by atoms with E-state index < -0.39 is 23.1 Å². The van der Waals surface area contributed by atoms with Gasteiger partial charge < -0.3 is 19.7 Å². The summed E-state index contributed by atoms with van der Waals surface area (Å²) in [4.78, 5) is 23.4. The summed E-state index contributed by atoms with van der Waals surface area (Å²) in [5.41, 5.74) is -0.0686.